The quantitative estimate of drug-likeness (QED) is 0.723. The van der Waals surface area contributed by atoms with Crippen molar-refractivity contribution in [2.45, 2.75) is 24.0 Å². The van der Waals surface area contributed by atoms with Crippen molar-refractivity contribution in [1.29, 1.82) is 0 Å². The van der Waals surface area contributed by atoms with E-state index in [2.05, 4.69) is 34.3 Å². The summed E-state index contributed by atoms with van der Waals surface area (Å²) in [4.78, 5) is 23.5. The van der Waals surface area contributed by atoms with Crippen LogP contribution in [0.5, 0.6) is 0 Å². The summed E-state index contributed by atoms with van der Waals surface area (Å²) in [6.07, 6.45) is 2.27. The Morgan fingerprint density at radius 3 is 2.38 bits per heavy atom. The molecule has 26 heavy (non-hydrogen) atoms. The third kappa shape index (κ3) is 4.67. The number of thioether (sulfide) groups is 1. The van der Waals surface area contributed by atoms with Gasteiger partial charge in [-0.2, -0.15) is 0 Å². The Kier molecular flexibility index (Phi) is 5.99. The molecule has 1 fully saturated rings. The fourth-order valence-corrected chi connectivity index (χ4v) is 3.76. The van der Waals surface area contributed by atoms with E-state index in [0.717, 1.165) is 24.2 Å². The monoisotopic (exact) mass is 369 g/mol. The minimum absolute atomic E-state index is 0.0726. The van der Waals surface area contributed by atoms with Crippen molar-refractivity contribution >= 4 is 23.6 Å². The van der Waals surface area contributed by atoms with Crippen LogP contribution in [0.2, 0.25) is 0 Å². The van der Waals surface area contributed by atoms with Crippen molar-refractivity contribution < 1.29 is 14.3 Å². The normalized spacial score (nSPS) is 14.5. The first kappa shape index (κ1) is 18.5. The molecule has 1 amide bonds. The van der Waals surface area contributed by atoms with E-state index in [1.807, 2.05) is 18.2 Å². The summed E-state index contributed by atoms with van der Waals surface area (Å²) in [5, 5.41) is 3.08. The maximum Gasteiger partial charge on any atom is 0.337 e. The molecule has 5 heteroatoms. The molecule has 0 saturated heterocycles. The summed E-state index contributed by atoms with van der Waals surface area (Å²) in [6.45, 7) is 0.713. The average molecular weight is 369 g/mol. The molecule has 0 spiro atoms. The van der Waals surface area contributed by atoms with E-state index >= 15 is 0 Å². The fraction of sp³-hybridized carbons (Fsp3) is 0.333. The first-order valence-electron chi connectivity index (χ1n) is 8.70. The molecular weight excluding hydrogens is 346 g/mol. The van der Waals surface area contributed by atoms with Gasteiger partial charge in [-0.3, -0.25) is 4.79 Å². The standard InChI is InChI=1S/C21H23NO3S/c1-25-20(24)17-9-7-16(8-10-17)13-26-14-19(23)22-15-21(11-12-21)18-5-3-2-4-6-18/h2-10H,11-15H2,1H3,(H,22,23). The van der Waals surface area contributed by atoms with E-state index in [-0.39, 0.29) is 17.3 Å². The van der Waals surface area contributed by atoms with Gasteiger partial charge in [0.25, 0.3) is 0 Å². The highest BCUT2D eigenvalue weighted by atomic mass is 32.2. The second kappa shape index (κ2) is 8.41. The van der Waals surface area contributed by atoms with Crippen LogP contribution in [0.15, 0.2) is 54.6 Å². The number of esters is 1. The van der Waals surface area contributed by atoms with Gasteiger partial charge in [-0.05, 0) is 36.1 Å². The van der Waals surface area contributed by atoms with E-state index in [1.54, 1.807) is 23.9 Å². The third-order valence-electron chi connectivity index (χ3n) is 4.74. The topological polar surface area (TPSA) is 55.4 Å². The Hall–Kier alpha value is -2.27. The van der Waals surface area contributed by atoms with Crippen molar-refractivity contribution in [2.75, 3.05) is 19.4 Å². The molecule has 1 N–H and O–H groups in total. The van der Waals surface area contributed by atoms with E-state index in [1.165, 1.54) is 12.7 Å². The van der Waals surface area contributed by atoms with Crippen molar-refractivity contribution in [2.24, 2.45) is 0 Å². The van der Waals surface area contributed by atoms with E-state index in [9.17, 15) is 9.59 Å². The zero-order valence-electron chi connectivity index (χ0n) is 14.9. The molecular formula is C21H23NO3S. The Bertz CT molecular complexity index is 755. The van der Waals surface area contributed by atoms with E-state index in [4.69, 9.17) is 0 Å². The van der Waals surface area contributed by atoms with Crippen molar-refractivity contribution in [3.8, 4) is 0 Å². The molecule has 0 radical (unpaired) electrons. The van der Waals surface area contributed by atoms with Crippen LogP contribution >= 0.6 is 11.8 Å². The smallest absolute Gasteiger partial charge is 0.337 e. The number of hydrogen-bond acceptors (Lipinski definition) is 4. The first-order valence-corrected chi connectivity index (χ1v) is 9.86. The Balaban J connectivity index is 1.40. The van der Waals surface area contributed by atoms with Gasteiger partial charge in [0.05, 0.1) is 18.4 Å². The Morgan fingerprint density at radius 1 is 1.08 bits per heavy atom. The summed E-state index contributed by atoms with van der Waals surface area (Å²) in [7, 11) is 1.37. The lowest BCUT2D eigenvalue weighted by atomic mass is 9.96. The second-order valence-corrected chi connectivity index (χ2v) is 7.59. The van der Waals surface area contributed by atoms with Crippen molar-refractivity contribution in [3.05, 3.63) is 71.3 Å². The van der Waals surface area contributed by atoms with E-state index < -0.39 is 0 Å². The van der Waals surface area contributed by atoms with Crippen LogP contribution in [0.1, 0.15) is 34.3 Å². The summed E-state index contributed by atoms with van der Waals surface area (Å²) < 4.78 is 4.68. The van der Waals surface area contributed by atoms with Gasteiger partial charge in [0, 0.05) is 17.7 Å². The number of carbonyl (C=O) groups is 2. The molecule has 0 heterocycles. The molecule has 0 aliphatic heterocycles. The Labute approximate surface area is 158 Å². The largest absolute Gasteiger partial charge is 0.465 e. The molecule has 0 bridgehead atoms. The maximum absolute atomic E-state index is 12.1. The number of amides is 1. The van der Waals surface area contributed by atoms with Gasteiger partial charge in [0.2, 0.25) is 5.91 Å². The van der Waals surface area contributed by atoms with Crippen LogP contribution in [-0.2, 0) is 20.7 Å². The molecule has 3 rings (SSSR count). The predicted molar refractivity (Wildman–Crippen MR) is 104 cm³/mol. The van der Waals surface area contributed by atoms with Gasteiger partial charge in [-0.15, -0.1) is 11.8 Å². The minimum Gasteiger partial charge on any atom is -0.465 e. The van der Waals surface area contributed by atoms with Gasteiger partial charge in [-0.1, -0.05) is 42.5 Å². The second-order valence-electron chi connectivity index (χ2n) is 6.60. The molecule has 2 aromatic rings. The maximum atomic E-state index is 12.1. The van der Waals surface area contributed by atoms with E-state index in [0.29, 0.717) is 17.9 Å². The first-order chi connectivity index (χ1) is 12.6. The van der Waals surface area contributed by atoms with Crippen LogP contribution in [0.3, 0.4) is 0 Å². The fourth-order valence-electron chi connectivity index (χ4n) is 2.95. The molecule has 0 unspecified atom stereocenters. The molecule has 1 saturated carbocycles. The summed E-state index contributed by atoms with van der Waals surface area (Å²) >= 11 is 1.57. The SMILES string of the molecule is COC(=O)c1ccc(CSCC(=O)NCC2(c3ccccc3)CC2)cc1. The lowest BCUT2D eigenvalue weighted by Crippen LogP contribution is -2.33. The van der Waals surface area contributed by atoms with Crippen LogP contribution in [0.4, 0.5) is 0 Å². The molecule has 1 aliphatic rings. The van der Waals surface area contributed by atoms with Crippen molar-refractivity contribution in [1.82, 2.24) is 5.32 Å². The zero-order valence-corrected chi connectivity index (χ0v) is 15.7. The number of nitrogens with one attached hydrogen (secondary N) is 1. The highest BCUT2D eigenvalue weighted by Crippen LogP contribution is 2.47. The van der Waals surface area contributed by atoms with Crippen LogP contribution in [-0.4, -0.2) is 31.3 Å². The lowest BCUT2D eigenvalue weighted by Gasteiger charge is -2.16. The molecule has 1 aliphatic carbocycles. The number of hydrogen-bond donors (Lipinski definition) is 1. The van der Waals surface area contributed by atoms with Gasteiger partial charge in [0.15, 0.2) is 0 Å². The van der Waals surface area contributed by atoms with Gasteiger partial charge in [-0.25, -0.2) is 4.79 Å². The van der Waals surface area contributed by atoms with Gasteiger partial charge < -0.3 is 10.1 Å². The van der Waals surface area contributed by atoms with Gasteiger partial charge in [0.1, 0.15) is 0 Å². The minimum atomic E-state index is -0.337. The number of methoxy groups -OCH3 is 1. The lowest BCUT2D eigenvalue weighted by molar-refractivity contribution is -0.118. The van der Waals surface area contributed by atoms with Crippen molar-refractivity contribution in [3.63, 3.8) is 0 Å². The summed E-state index contributed by atoms with van der Waals surface area (Å²) in [6, 6.07) is 17.7. The number of carbonyl (C=O) groups excluding carboxylic acids is 2. The highest BCUT2D eigenvalue weighted by Gasteiger charge is 2.44. The number of rotatable bonds is 8. The molecule has 136 valence electrons. The number of benzene rings is 2. The van der Waals surface area contributed by atoms with Crippen LogP contribution in [0.25, 0.3) is 0 Å². The van der Waals surface area contributed by atoms with Crippen LogP contribution in [0, 0.1) is 0 Å². The summed E-state index contributed by atoms with van der Waals surface area (Å²) in [5.41, 5.74) is 3.08. The molecule has 4 nitrogen and oxygen atoms in total. The Morgan fingerprint density at radius 2 is 1.77 bits per heavy atom. The third-order valence-corrected chi connectivity index (χ3v) is 5.74. The molecule has 2 aromatic carbocycles. The highest BCUT2D eigenvalue weighted by molar-refractivity contribution is 7.99. The zero-order chi connectivity index (χ0) is 18.4. The van der Waals surface area contributed by atoms with Gasteiger partial charge >= 0.3 is 5.97 Å². The number of ether oxygens (including phenoxy) is 1. The predicted octanol–water partition coefficient (Wildman–Crippen LogP) is 3.55. The molecule has 0 atom stereocenters. The summed E-state index contributed by atoms with van der Waals surface area (Å²) in [5.74, 6) is 0.905. The molecule has 0 aromatic heterocycles. The van der Waals surface area contributed by atoms with Crippen LogP contribution < -0.4 is 5.32 Å². The average Bonchev–Trinajstić information content (AvgIpc) is 3.48.